The second-order valence-corrected chi connectivity index (χ2v) is 14.7. The number of ether oxygens (including phenoxy) is 1. The Hall–Kier alpha value is -3.12. The van der Waals surface area contributed by atoms with Gasteiger partial charge in [-0.15, -0.1) is 0 Å². The number of rotatable bonds is 8. The summed E-state index contributed by atoms with van der Waals surface area (Å²) in [6.07, 6.45) is -3.84. The minimum atomic E-state index is -4.39. The molecule has 0 aliphatic rings. The molecule has 0 aliphatic carbocycles. The van der Waals surface area contributed by atoms with Crippen molar-refractivity contribution in [3.8, 4) is 0 Å². The van der Waals surface area contributed by atoms with Crippen LogP contribution in [0.2, 0.25) is 25.7 Å². The Bertz CT molecular complexity index is 1280. The molecule has 0 spiro atoms. The molecule has 0 radical (unpaired) electrons. The van der Waals surface area contributed by atoms with Gasteiger partial charge < -0.3 is 20.2 Å². The fourth-order valence-corrected chi connectivity index (χ4v) is 4.01. The molecule has 4 rings (SSSR count). The van der Waals surface area contributed by atoms with Crippen LogP contribution in [-0.4, -0.2) is 40.6 Å². The van der Waals surface area contributed by atoms with Gasteiger partial charge in [-0.25, -0.2) is 9.67 Å². The number of nitrogens with two attached hydrogens (primary N) is 1. The molecule has 3 N–H and O–H groups in total. The van der Waals surface area contributed by atoms with Crippen LogP contribution in [0, 0.1) is 0 Å². The molecular weight excluding hydrogens is 453 g/mol. The van der Waals surface area contributed by atoms with E-state index in [0.29, 0.717) is 19.0 Å². The van der Waals surface area contributed by atoms with E-state index in [1.54, 1.807) is 10.9 Å². The van der Waals surface area contributed by atoms with E-state index in [2.05, 4.69) is 40.0 Å². The zero-order chi connectivity index (χ0) is 23.8. The topological polar surface area (TPSA) is 104 Å². The smallest absolute Gasteiger partial charge is 0.396 e. The number of hydrogen-bond acceptors (Lipinski definition) is 7. The standard InChI is InChI=1S/C21H25F3N6O2Si/c1-33(2,3)7-6-31-12-30-17-8-14(5-4-13(17)11-26-30)27-20-28-16-9-15(10-21(22,23)24)32-18(16)19(25)29-20/h4-5,8-9,11H,6-7,10,12H2,1-3H3,(H3,25,27,28,29). The maximum atomic E-state index is 12.7. The van der Waals surface area contributed by atoms with Crippen LogP contribution < -0.4 is 11.1 Å². The number of nitrogens with zero attached hydrogens (tertiary/aromatic N) is 4. The molecule has 8 nitrogen and oxygen atoms in total. The van der Waals surface area contributed by atoms with Crippen LogP contribution in [0.4, 0.5) is 30.6 Å². The minimum Gasteiger partial charge on any atom is -0.455 e. The third kappa shape index (κ3) is 5.82. The largest absolute Gasteiger partial charge is 0.455 e. The minimum absolute atomic E-state index is 0.0313. The molecule has 3 heterocycles. The normalized spacial score (nSPS) is 12.7. The first-order chi connectivity index (χ1) is 15.5. The molecular formula is C21H25F3N6O2Si. The van der Waals surface area contributed by atoms with Crippen LogP contribution in [0.5, 0.6) is 0 Å². The van der Waals surface area contributed by atoms with E-state index in [1.807, 2.05) is 18.2 Å². The predicted molar refractivity (Wildman–Crippen MR) is 123 cm³/mol. The number of benzene rings is 1. The highest BCUT2D eigenvalue weighted by molar-refractivity contribution is 6.76. The maximum Gasteiger partial charge on any atom is 0.396 e. The summed E-state index contributed by atoms with van der Waals surface area (Å²) in [6, 6.07) is 7.89. The summed E-state index contributed by atoms with van der Waals surface area (Å²) in [4.78, 5) is 8.37. The summed E-state index contributed by atoms with van der Waals surface area (Å²) >= 11 is 0. The van der Waals surface area contributed by atoms with Gasteiger partial charge in [0.25, 0.3) is 0 Å². The Morgan fingerprint density at radius 3 is 2.70 bits per heavy atom. The van der Waals surface area contributed by atoms with Crippen LogP contribution in [0.3, 0.4) is 0 Å². The van der Waals surface area contributed by atoms with Crippen molar-refractivity contribution in [2.24, 2.45) is 0 Å². The number of nitrogens with one attached hydrogen (secondary N) is 1. The molecule has 0 amide bonds. The van der Waals surface area contributed by atoms with Gasteiger partial charge in [0, 0.05) is 31.8 Å². The van der Waals surface area contributed by atoms with E-state index in [4.69, 9.17) is 14.9 Å². The number of aromatic nitrogens is 4. The van der Waals surface area contributed by atoms with Gasteiger partial charge in [-0.05, 0) is 24.2 Å². The van der Waals surface area contributed by atoms with Crippen molar-refractivity contribution in [3.63, 3.8) is 0 Å². The third-order valence-corrected chi connectivity index (χ3v) is 6.64. The van der Waals surface area contributed by atoms with Crippen LogP contribution in [0.25, 0.3) is 22.0 Å². The molecule has 4 aromatic rings. The van der Waals surface area contributed by atoms with Crippen molar-refractivity contribution in [1.82, 2.24) is 19.7 Å². The van der Waals surface area contributed by atoms with Crippen LogP contribution >= 0.6 is 0 Å². The van der Waals surface area contributed by atoms with Gasteiger partial charge in [0.2, 0.25) is 5.95 Å². The molecule has 176 valence electrons. The fourth-order valence-electron chi connectivity index (χ4n) is 3.25. The van der Waals surface area contributed by atoms with Crippen LogP contribution in [0.15, 0.2) is 34.9 Å². The van der Waals surface area contributed by atoms with Gasteiger partial charge in [-0.3, -0.25) is 0 Å². The highest BCUT2D eigenvalue weighted by Crippen LogP contribution is 2.29. The second-order valence-electron chi connectivity index (χ2n) is 9.04. The van der Waals surface area contributed by atoms with Crippen LogP contribution in [-0.2, 0) is 17.9 Å². The SMILES string of the molecule is C[Si](C)(C)CCOCn1ncc2ccc(Nc3nc(N)c4oc(CC(F)(F)F)cc4n3)cc21. The number of anilines is 3. The van der Waals surface area contributed by atoms with Crippen molar-refractivity contribution < 1.29 is 22.3 Å². The van der Waals surface area contributed by atoms with Crippen molar-refractivity contribution in [2.75, 3.05) is 17.7 Å². The van der Waals surface area contributed by atoms with Gasteiger partial charge >= 0.3 is 6.18 Å². The van der Waals surface area contributed by atoms with E-state index in [-0.39, 0.29) is 28.6 Å². The molecule has 12 heteroatoms. The average Bonchev–Trinajstić information content (AvgIpc) is 3.27. The first-order valence-corrected chi connectivity index (χ1v) is 14.1. The summed E-state index contributed by atoms with van der Waals surface area (Å²) in [6.45, 7) is 7.91. The molecule has 0 unspecified atom stereocenters. The molecule has 33 heavy (non-hydrogen) atoms. The van der Waals surface area contributed by atoms with E-state index in [0.717, 1.165) is 16.9 Å². The lowest BCUT2D eigenvalue weighted by molar-refractivity contribution is -0.129. The summed E-state index contributed by atoms with van der Waals surface area (Å²) in [7, 11) is -1.17. The molecule has 0 aliphatic heterocycles. The molecule has 0 saturated carbocycles. The Labute approximate surface area is 188 Å². The first-order valence-electron chi connectivity index (χ1n) is 10.4. The molecule has 0 bridgehead atoms. The third-order valence-electron chi connectivity index (χ3n) is 4.93. The fraction of sp³-hybridized carbons (Fsp3) is 0.381. The lowest BCUT2D eigenvalue weighted by atomic mass is 10.2. The van der Waals surface area contributed by atoms with E-state index in [1.165, 1.54) is 6.07 Å². The second kappa shape index (κ2) is 8.67. The van der Waals surface area contributed by atoms with Crippen LogP contribution in [0.1, 0.15) is 5.76 Å². The van der Waals surface area contributed by atoms with E-state index < -0.39 is 20.7 Å². The van der Waals surface area contributed by atoms with E-state index >= 15 is 0 Å². The first kappa shape index (κ1) is 23.0. The number of hydrogen-bond donors (Lipinski definition) is 2. The van der Waals surface area contributed by atoms with Gasteiger partial charge in [0.05, 0.1) is 11.7 Å². The van der Waals surface area contributed by atoms with Gasteiger partial charge in [0.1, 0.15) is 24.4 Å². The van der Waals surface area contributed by atoms with Crippen molar-refractivity contribution in [3.05, 3.63) is 36.2 Å². The highest BCUT2D eigenvalue weighted by atomic mass is 28.3. The molecule has 0 saturated heterocycles. The zero-order valence-corrected chi connectivity index (χ0v) is 19.5. The van der Waals surface area contributed by atoms with Gasteiger partial charge in [0.15, 0.2) is 11.4 Å². The van der Waals surface area contributed by atoms with Crippen molar-refractivity contribution in [1.29, 1.82) is 0 Å². The van der Waals surface area contributed by atoms with Crippen molar-refractivity contribution >= 4 is 47.5 Å². The monoisotopic (exact) mass is 478 g/mol. The predicted octanol–water partition coefficient (Wildman–Crippen LogP) is 5.32. The maximum absolute atomic E-state index is 12.7. The number of alkyl halides is 3. The van der Waals surface area contributed by atoms with E-state index in [9.17, 15) is 13.2 Å². The quantitative estimate of drug-likeness (QED) is 0.261. The zero-order valence-electron chi connectivity index (χ0n) is 18.5. The Morgan fingerprint density at radius 1 is 1.18 bits per heavy atom. The molecule has 1 aromatic carbocycles. The lowest BCUT2D eigenvalue weighted by Crippen LogP contribution is -2.22. The Morgan fingerprint density at radius 2 is 1.97 bits per heavy atom. The molecule has 0 atom stereocenters. The lowest BCUT2D eigenvalue weighted by Gasteiger charge is -2.15. The average molecular weight is 479 g/mol. The summed E-state index contributed by atoms with van der Waals surface area (Å²) in [5, 5.41) is 8.37. The summed E-state index contributed by atoms with van der Waals surface area (Å²) in [5.41, 5.74) is 7.65. The van der Waals surface area contributed by atoms with Crippen molar-refractivity contribution in [2.45, 2.75) is 45.0 Å². The number of furan rings is 1. The number of fused-ring (bicyclic) bond motifs is 2. The molecule has 0 fully saturated rings. The Balaban J connectivity index is 1.52. The summed E-state index contributed by atoms with van der Waals surface area (Å²) in [5.74, 6) is -0.163. The van der Waals surface area contributed by atoms with Gasteiger partial charge in [-0.2, -0.15) is 23.3 Å². The number of nitrogen functional groups attached to an aromatic ring is 1. The summed E-state index contributed by atoms with van der Waals surface area (Å²) < 4.78 is 50.8. The number of halogens is 3. The molecule has 3 aromatic heterocycles. The Kier molecular flexibility index (Phi) is 6.06. The highest BCUT2D eigenvalue weighted by Gasteiger charge is 2.30. The van der Waals surface area contributed by atoms with Gasteiger partial charge in [-0.1, -0.05) is 19.6 Å².